The molecule has 0 saturated carbocycles. The summed E-state index contributed by atoms with van der Waals surface area (Å²) in [4.78, 5) is 17.6. The number of hydrogen-bond donors (Lipinski definition) is 0. The van der Waals surface area contributed by atoms with Crippen molar-refractivity contribution in [3.05, 3.63) is 119 Å². The minimum Gasteiger partial charge on any atom is -0.288 e. The molecule has 0 atom stereocenters. The highest BCUT2D eigenvalue weighted by atomic mass is 35.5. The maximum absolute atomic E-state index is 14.3. The summed E-state index contributed by atoms with van der Waals surface area (Å²) >= 11 is 11.9. The molecule has 0 spiro atoms. The van der Waals surface area contributed by atoms with Crippen molar-refractivity contribution >= 4 is 57.1 Å². The van der Waals surface area contributed by atoms with Crippen LogP contribution in [0.1, 0.15) is 10.4 Å². The van der Waals surface area contributed by atoms with Gasteiger partial charge < -0.3 is 0 Å². The van der Waals surface area contributed by atoms with Gasteiger partial charge in [0.15, 0.2) is 11.0 Å². The summed E-state index contributed by atoms with van der Waals surface area (Å²) in [6, 6.07) is 31.4. The van der Waals surface area contributed by atoms with Crippen LogP contribution in [0.3, 0.4) is 0 Å². The summed E-state index contributed by atoms with van der Waals surface area (Å²) in [7, 11) is 0. The number of nitriles is 1. The molecule has 0 unspecified atom stereocenters. The van der Waals surface area contributed by atoms with Crippen molar-refractivity contribution in [3.63, 3.8) is 0 Å². The van der Waals surface area contributed by atoms with Crippen molar-refractivity contribution in [2.45, 2.75) is 0 Å². The number of aromatic nitrogens is 1. The highest BCUT2D eigenvalue weighted by Crippen LogP contribution is 2.46. The van der Waals surface area contributed by atoms with E-state index in [0.717, 1.165) is 22.0 Å². The third-order valence-corrected chi connectivity index (χ3v) is 9.96. The molecule has 0 N–H and O–H groups in total. The molecule has 0 saturated heterocycles. The van der Waals surface area contributed by atoms with Gasteiger partial charge in [0.25, 0.3) is 0 Å². The highest BCUT2D eigenvalue weighted by Gasteiger charge is 2.34. The van der Waals surface area contributed by atoms with Crippen LogP contribution in [-0.4, -0.2) is 16.1 Å². The summed E-state index contributed by atoms with van der Waals surface area (Å²) in [6.07, 6.45) is 0. The van der Waals surface area contributed by atoms with Gasteiger partial charge in [0.2, 0.25) is 5.78 Å². The Labute approximate surface area is 201 Å². The van der Waals surface area contributed by atoms with E-state index in [1.54, 1.807) is 0 Å². The van der Waals surface area contributed by atoms with Gasteiger partial charge in [-0.05, 0) is 28.9 Å². The number of Topliss-reactive ketones (excluding diaryl/α,β-unsaturated/α-hetero) is 1. The molecule has 3 nitrogen and oxygen atoms in total. The molecule has 0 aliphatic rings. The zero-order valence-corrected chi connectivity index (χ0v) is 19.5. The molecule has 33 heavy (non-hydrogen) atoms. The Kier molecular flexibility index (Phi) is 6.77. The Morgan fingerprint density at radius 2 is 1.21 bits per heavy atom. The number of nitrogens with zero attached hydrogens (tertiary/aromatic N) is 2. The zero-order valence-electron chi connectivity index (χ0n) is 17.1. The number of halogens is 3. The maximum Gasteiger partial charge on any atom is 0.207 e. The monoisotopic (exact) mass is 492 g/mol. The zero-order chi connectivity index (χ0) is 23.4. The molecule has 0 bridgehead atoms. The Bertz CT molecular complexity index is 1320. The first-order chi connectivity index (χ1) is 16.0. The van der Waals surface area contributed by atoms with Gasteiger partial charge in [-0.3, -0.25) is 4.79 Å². The molecule has 3 aromatic carbocycles. The summed E-state index contributed by atoms with van der Waals surface area (Å²) in [5.41, 5.74) is -0.206. The van der Waals surface area contributed by atoms with E-state index in [-0.39, 0.29) is 16.0 Å². The first-order valence-corrected chi connectivity index (χ1v) is 12.4. The molecule has 1 heterocycles. The maximum atomic E-state index is 14.3. The lowest BCUT2D eigenvalue weighted by molar-refractivity contribution is 0.106. The van der Waals surface area contributed by atoms with E-state index in [4.69, 9.17) is 23.2 Å². The SMILES string of the molecule is N#CC(C(=O)c1cc(F)c(Cl)nc1Cl)=P(c1ccccc1)(c1ccccc1)c1ccccc1. The molecule has 0 fully saturated rings. The van der Waals surface area contributed by atoms with Crippen LogP contribution in [0.15, 0.2) is 97.1 Å². The Morgan fingerprint density at radius 1 is 0.788 bits per heavy atom. The van der Waals surface area contributed by atoms with E-state index in [0.29, 0.717) is 0 Å². The molecule has 1 aromatic heterocycles. The molecule has 0 aliphatic heterocycles. The van der Waals surface area contributed by atoms with Crippen LogP contribution in [0.25, 0.3) is 0 Å². The Balaban J connectivity index is 2.22. The second-order valence-corrected chi connectivity index (χ2v) is 11.1. The highest BCUT2D eigenvalue weighted by molar-refractivity contribution is 7.97. The summed E-state index contributed by atoms with van der Waals surface area (Å²) in [5, 5.41) is 12.1. The average Bonchev–Trinajstić information content (AvgIpc) is 2.86. The molecule has 7 heteroatoms. The predicted octanol–water partition coefficient (Wildman–Crippen LogP) is 5.40. The van der Waals surface area contributed by atoms with Crippen LogP contribution in [0.4, 0.5) is 4.39 Å². The number of carbonyl (C=O) groups is 1. The van der Waals surface area contributed by atoms with E-state index in [1.807, 2.05) is 91.0 Å². The predicted molar refractivity (Wildman–Crippen MR) is 134 cm³/mol. The fourth-order valence-electron chi connectivity index (χ4n) is 3.80. The third kappa shape index (κ3) is 4.12. The molecule has 0 aliphatic carbocycles. The topological polar surface area (TPSA) is 53.8 Å². The average molecular weight is 493 g/mol. The number of hydrogen-bond acceptors (Lipinski definition) is 3. The van der Waals surface area contributed by atoms with Crippen molar-refractivity contribution in [2.75, 3.05) is 0 Å². The molecule has 4 aromatic rings. The molecular weight excluding hydrogens is 477 g/mol. The van der Waals surface area contributed by atoms with Gasteiger partial charge in [-0.2, -0.15) is 5.26 Å². The minimum absolute atomic E-state index is 0.0310. The smallest absolute Gasteiger partial charge is 0.207 e. The molecule has 162 valence electrons. The van der Waals surface area contributed by atoms with Gasteiger partial charge in [0.1, 0.15) is 16.5 Å². The quantitative estimate of drug-likeness (QED) is 0.213. The van der Waals surface area contributed by atoms with Crippen LogP contribution in [0, 0.1) is 17.1 Å². The lowest BCUT2D eigenvalue weighted by Gasteiger charge is -2.30. The Hall–Kier alpha value is -3.22. The summed E-state index contributed by atoms with van der Waals surface area (Å²) < 4.78 is 14.3. The van der Waals surface area contributed by atoms with E-state index in [2.05, 4.69) is 11.1 Å². The molecule has 4 rings (SSSR count). The van der Waals surface area contributed by atoms with Crippen LogP contribution < -0.4 is 15.9 Å². The standard InChI is InChI=1S/C26H16Cl2FN2OP/c27-25-21(16-22(29)26(28)31-25)24(32)23(17-30)33(18-10-4-1-5-11-18,19-12-6-2-7-13-19)20-14-8-3-9-15-20/h1-16H. The number of benzene rings is 3. The van der Waals surface area contributed by atoms with Crippen molar-refractivity contribution in [1.82, 2.24) is 4.98 Å². The summed E-state index contributed by atoms with van der Waals surface area (Å²) in [5.74, 6) is -1.57. The van der Waals surface area contributed by atoms with Crippen LogP contribution >= 0.6 is 30.1 Å². The fourth-order valence-corrected chi connectivity index (χ4v) is 8.31. The number of carbonyl (C=O) groups excluding carboxylic acids is 1. The van der Waals surface area contributed by atoms with Gasteiger partial charge in [-0.15, -0.1) is 0 Å². The lowest BCUT2D eigenvalue weighted by Crippen LogP contribution is -2.33. The van der Waals surface area contributed by atoms with E-state index in [1.165, 1.54) is 0 Å². The number of pyridine rings is 1. The third-order valence-electron chi connectivity index (χ3n) is 5.22. The Morgan fingerprint density at radius 3 is 1.61 bits per heavy atom. The van der Waals surface area contributed by atoms with E-state index >= 15 is 0 Å². The van der Waals surface area contributed by atoms with Crippen LogP contribution in [0.2, 0.25) is 10.3 Å². The molecular formula is C26H16Cl2FN2OP. The van der Waals surface area contributed by atoms with Gasteiger partial charge in [0.05, 0.1) is 5.56 Å². The van der Waals surface area contributed by atoms with Gasteiger partial charge in [-0.25, -0.2) is 9.37 Å². The summed E-state index contributed by atoms with van der Waals surface area (Å²) in [6.45, 7) is -2.97. The largest absolute Gasteiger partial charge is 0.288 e. The van der Waals surface area contributed by atoms with Crippen molar-refractivity contribution < 1.29 is 9.18 Å². The van der Waals surface area contributed by atoms with Crippen molar-refractivity contribution in [3.8, 4) is 6.07 Å². The lowest BCUT2D eigenvalue weighted by atomic mass is 10.1. The normalized spacial score (nSPS) is 11.0. The minimum atomic E-state index is -2.97. The van der Waals surface area contributed by atoms with Crippen molar-refractivity contribution in [1.29, 1.82) is 5.26 Å². The van der Waals surface area contributed by atoms with Gasteiger partial charge in [-0.1, -0.05) is 114 Å². The first kappa shape index (κ1) is 23.0. The van der Waals surface area contributed by atoms with Gasteiger partial charge >= 0.3 is 0 Å². The second-order valence-electron chi connectivity index (χ2n) is 7.07. The molecule has 0 radical (unpaired) electrons. The number of rotatable bonds is 5. The van der Waals surface area contributed by atoms with Crippen LogP contribution in [-0.2, 0) is 0 Å². The van der Waals surface area contributed by atoms with E-state index in [9.17, 15) is 14.4 Å². The van der Waals surface area contributed by atoms with Gasteiger partial charge in [0, 0.05) is 0 Å². The molecule has 0 amide bonds. The van der Waals surface area contributed by atoms with Crippen molar-refractivity contribution in [2.24, 2.45) is 0 Å². The second kappa shape index (κ2) is 9.73. The van der Waals surface area contributed by atoms with Crippen LogP contribution in [0.5, 0.6) is 0 Å². The fraction of sp³-hybridized carbons (Fsp3) is 0. The first-order valence-electron chi connectivity index (χ1n) is 9.90. The van der Waals surface area contributed by atoms with E-state index < -0.39 is 23.6 Å². The number of ketones is 1.